The second kappa shape index (κ2) is 5.17. The van der Waals surface area contributed by atoms with Gasteiger partial charge in [0.25, 0.3) is 0 Å². The predicted molar refractivity (Wildman–Crippen MR) is 81.1 cm³/mol. The number of rotatable bonds is 2. The predicted octanol–water partition coefficient (Wildman–Crippen LogP) is 2.41. The van der Waals surface area contributed by atoms with Crippen molar-refractivity contribution in [3.05, 3.63) is 18.2 Å². The largest absolute Gasteiger partial charge is 0.497 e. The summed E-state index contributed by atoms with van der Waals surface area (Å²) in [6, 6.07) is 5.79. The molecule has 0 bridgehead atoms. The van der Waals surface area contributed by atoms with E-state index in [1.54, 1.807) is 7.11 Å². The van der Waals surface area contributed by atoms with Gasteiger partial charge >= 0.3 is 0 Å². The number of hydrogen-bond donors (Lipinski definition) is 2. The van der Waals surface area contributed by atoms with Gasteiger partial charge in [0.15, 0.2) is 0 Å². The monoisotopic (exact) mass is 276 g/mol. The van der Waals surface area contributed by atoms with Crippen LogP contribution in [0.3, 0.4) is 0 Å². The van der Waals surface area contributed by atoms with Gasteiger partial charge < -0.3 is 20.5 Å². The topological polar surface area (TPSA) is 58.7 Å². The SMILES string of the molecule is COc1ccc(N)c(N2CCC3(O)CCCCC3C2)c1. The van der Waals surface area contributed by atoms with Crippen LogP contribution < -0.4 is 15.4 Å². The van der Waals surface area contributed by atoms with Crippen molar-refractivity contribution in [2.45, 2.75) is 37.7 Å². The lowest BCUT2D eigenvalue weighted by Crippen LogP contribution is -2.53. The molecule has 2 atom stereocenters. The molecule has 1 aromatic rings. The summed E-state index contributed by atoms with van der Waals surface area (Å²) in [5.74, 6) is 1.20. The van der Waals surface area contributed by atoms with E-state index >= 15 is 0 Å². The van der Waals surface area contributed by atoms with Crippen LogP contribution in [0.2, 0.25) is 0 Å². The van der Waals surface area contributed by atoms with Crippen LogP contribution in [0, 0.1) is 5.92 Å². The first-order valence-electron chi connectivity index (χ1n) is 7.53. The van der Waals surface area contributed by atoms with Crippen LogP contribution in [0.1, 0.15) is 32.1 Å². The van der Waals surface area contributed by atoms with Gasteiger partial charge in [-0.05, 0) is 31.4 Å². The first-order valence-corrected chi connectivity index (χ1v) is 7.53. The Balaban J connectivity index is 1.82. The molecular weight excluding hydrogens is 252 g/mol. The fourth-order valence-corrected chi connectivity index (χ4v) is 3.71. The number of nitrogens with zero attached hydrogens (tertiary/aromatic N) is 1. The Morgan fingerprint density at radius 3 is 3.00 bits per heavy atom. The van der Waals surface area contributed by atoms with E-state index < -0.39 is 5.60 Å². The van der Waals surface area contributed by atoms with Crippen molar-refractivity contribution in [1.82, 2.24) is 0 Å². The lowest BCUT2D eigenvalue weighted by Gasteiger charge is -2.48. The Labute approximate surface area is 120 Å². The third-order valence-electron chi connectivity index (χ3n) is 5.01. The zero-order chi connectivity index (χ0) is 14.2. The number of anilines is 2. The molecule has 2 unspecified atom stereocenters. The Kier molecular flexibility index (Phi) is 3.50. The molecule has 3 rings (SSSR count). The Hall–Kier alpha value is -1.42. The average molecular weight is 276 g/mol. The zero-order valence-corrected chi connectivity index (χ0v) is 12.1. The van der Waals surface area contributed by atoms with Crippen LogP contribution in [0.25, 0.3) is 0 Å². The number of hydrogen-bond acceptors (Lipinski definition) is 4. The van der Waals surface area contributed by atoms with E-state index in [9.17, 15) is 5.11 Å². The van der Waals surface area contributed by atoms with Crippen molar-refractivity contribution in [3.8, 4) is 5.75 Å². The minimum absolute atomic E-state index is 0.371. The maximum Gasteiger partial charge on any atom is 0.121 e. The fraction of sp³-hybridized carbons (Fsp3) is 0.625. The number of benzene rings is 1. The molecule has 2 fully saturated rings. The van der Waals surface area contributed by atoms with Gasteiger partial charge in [0.1, 0.15) is 5.75 Å². The van der Waals surface area contributed by atoms with Crippen LogP contribution in [-0.4, -0.2) is 30.9 Å². The van der Waals surface area contributed by atoms with Gasteiger partial charge in [-0.2, -0.15) is 0 Å². The number of methoxy groups -OCH3 is 1. The van der Waals surface area contributed by atoms with Crippen LogP contribution >= 0.6 is 0 Å². The number of nitrogen functional groups attached to an aromatic ring is 1. The van der Waals surface area contributed by atoms with Crippen molar-refractivity contribution >= 4 is 11.4 Å². The molecule has 2 aliphatic rings. The summed E-state index contributed by atoms with van der Waals surface area (Å²) in [4.78, 5) is 2.31. The molecule has 1 aliphatic heterocycles. The molecular formula is C16H24N2O2. The summed E-state index contributed by atoms with van der Waals surface area (Å²) >= 11 is 0. The lowest BCUT2D eigenvalue weighted by molar-refractivity contribution is -0.0612. The number of aliphatic hydroxyl groups is 1. The molecule has 0 amide bonds. The molecule has 0 spiro atoms. The Bertz CT molecular complexity index is 491. The first-order chi connectivity index (χ1) is 9.62. The van der Waals surface area contributed by atoms with Crippen molar-refractivity contribution < 1.29 is 9.84 Å². The molecule has 1 aliphatic carbocycles. The third-order valence-corrected chi connectivity index (χ3v) is 5.01. The maximum absolute atomic E-state index is 10.7. The molecule has 4 nitrogen and oxygen atoms in total. The maximum atomic E-state index is 10.7. The standard InChI is InChI=1S/C16H24N2O2/c1-20-13-5-6-14(17)15(10-13)18-9-8-16(19)7-3-2-4-12(16)11-18/h5-6,10,12,19H,2-4,7-9,11,17H2,1H3. The van der Waals surface area contributed by atoms with Crippen LogP contribution in [0.15, 0.2) is 18.2 Å². The molecule has 20 heavy (non-hydrogen) atoms. The third kappa shape index (κ3) is 2.33. The molecule has 1 heterocycles. The second-order valence-corrected chi connectivity index (χ2v) is 6.17. The molecule has 0 aromatic heterocycles. The van der Waals surface area contributed by atoms with E-state index in [0.29, 0.717) is 5.92 Å². The van der Waals surface area contributed by atoms with Gasteiger partial charge in [-0.15, -0.1) is 0 Å². The van der Waals surface area contributed by atoms with E-state index in [-0.39, 0.29) is 0 Å². The summed E-state index contributed by atoms with van der Waals surface area (Å²) < 4.78 is 5.30. The summed E-state index contributed by atoms with van der Waals surface area (Å²) in [6.45, 7) is 1.76. The van der Waals surface area contributed by atoms with Gasteiger partial charge in [-0.1, -0.05) is 12.8 Å². The summed E-state index contributed by atoms with van der Waals surface area (Å²) in [6.07, 6.45) is 5.31. The quantitative estimate of drug-likeness (QED) is 0.814. The highest BCUT2D eigenvalue weighted by Crippen LogP contribution is 2.42. The fourth-order valence-electron chi connectivity index (χ4n) is 3.71. The highest BCUT2D eigenvalue weighted by molar-refractivity contribution is 5.70. The van der Waals surface area contributed by atoms with Crippen molar-refractivity contribution in [1.29, 1.82) is 0 Å². The normalized spacial score (nSPS) is 29.9. The molecule has 1 aromatic carbocycles. The first kappa shape index (κ1) is 13.6. The van der Waals surface area contributed by atoms with Crippen LogP contribution in [0.5, 0.6) is 5.75 Å². The smallest absolute Gasteiger partial charge is 0.121 e. The molecule has 110 valence electrons. The molecule has 3 N–H and O–H groups in total. The molecule has 4 heteroatoms. The van der Waals surface area contributed by atoms with Crippen molar-refractivity contribution in [2.75, 3.05) is 30.8 Å². The number of nitrogens with two attached hydrogens (primary N) is 1. The van der Waals surface area contributed by atoms with Gasteiger partial charge in [0.2, 0.25) is 0 Å². The van der Waals surface area contributed by atoms with Gasteiger partial charge in [0.05, 0.1) is 24.1 Å². The van der Waals surface area contributed by atoms with Crippen molar-refractivity contribution in [2.24, 2.45) is 5.92 Å². The van der Waals surface area contributed by atoms with Crippen LogP contribution in [0.4, 0.5) is 11.4 Å². The minimum Gasteiger partial charge on any atom is -0.497 e. The Morgan fingerprint density at radius 2 is 2.20 bits per heavy atom. The summed E-state index contributed by atoms with van der Waals surface area (Å²) in [5.41, 5.74) is 7.50. The van der Waals surface area contributed by atoms with Gasteiger partial charge in [-0.25, -0.2) is 0 Å². The molecule has 1 saturated carbocycles. The van der Waals surface area contributed by atoms with E-state index in [4.69, 9.17) is 10.5 Å². The molecule has 1 saturated heterocycles. The Morgan fingerprint density at radius 1 is 1.35 bits per heavy atom. The molecule has 0 radical (unpaired) electrons. The lowest BCUT2D eigenvalue weighted by atomic mass is 9.71. The minimum atomic E-state index is -0.442. The summed E-state index contributed by atoms with van der Waals surface area (Å²) in [5, 5.41) is 10.7. The number of fused-ring (bicyclic) bond motifs is 1. The highest BCUT2D eigenvalue weighted by atomic mass is 16.5. The van der Waals surface area contributed by atoms with E-state index in [1.807, 2.05) is 18.2 Å². The number of piperidine rings is 1. The second-order valence-electron chi connectivity index (χ2n) is 6.17. The van der Waals surface area contributed by atoms with E-state index in [0.717, 1.165) is 55.9 Å². The van der Waals surface area contributed by atoms with E-state index in [2.05, 4.69) is 4.90 Å². The average Bonchev–Trinajstić information content (AvgIpc) is 2.47. The van der Waals surface area contributed by atoms with E-state index in [1.165, 1.54) is 6.42 Å². The highest BCUT2D eigenvalue weighted by Gasteiger charge is 2.42. The zero-order valence-electron chi connectivity index (χ0n) is 12.1. The van der Waals surface area contributed by atoms with Gasteiger partial charge in [-0.3, -0.25) is 0 Å². The van der Waals surface area contributed by atoms with Crippen LogP contribution in [-0.2, 0) is 0 Å². The number of ether oxygens (including phenoxy) is 1. The summed E-state index contributed by atoms with van der Waals surface area (Å²) in [7, 11) is 1.67. The van der Waals surface area contributed by atoms with Gasteiger partial charge in [0, 0.05) is 25.1 Å². The van der Waals surface area contributed by atoms with Crippen molar-refractivity contribution in [3.63, 3.8) is 0 Å².